The molecular weight excluding hydrogens is 366 g/mol. The van der Waals surface area contributed by atoms with Crippen LogP contribution in [0.5, 0.6) is 0 Å². The van der Waals surface area contributed by atoms with Crippen LogP contribution >= 0.6 is 0 Å². The van der Waals surface area contributed by atoms with Crippen molar-refractivity contribution in [3.05, 3.63) is 65.9 Å². The molecule has 6 nitrogen and oxygen atoms in total. The molecule has 3 aromatic rings. The molecule has 0 unspecified atom stereocenters. The predicted octanol–water partition coefficient (Wildman–Crippen LogP) is 2.91. The fourth-order valence-electron chi connectivity index (χ4n) is 4.33. The van der Waals surface area contributed by atoms with Gasteiger partial charge in [0.2, 0.25) is 5.91 Å². The minimum absolute atomic E-state index is 0.170. The number of primary amides is 1. The molecule has 0 bridgehead atoms. The van der Waals surface area contributed by atoms with E-state index in [-0.39, 0.29) is 17.1 Å². The fraction of sp³-hybridized carbons (Fsp3) is 0.304. The van der Waals surface area contributed by atoms with Gasteiger partial charge in [0, 0.05) is 37.3 Å². The van der Waals surface area contributed by atoms with E-state index in [2.05, 4.69) is 17.0 Å². The van der Waals surface area contributed by atoms with Gasteiger partial charge < -0.3 is 20.0 Å². The van der Waals surface area contributed by atoms with E-state index < -0.39 is 5.91 Å². The number of fused-ring (bicyclic) bond motifs is 1. The lowest BCUT2D eigenvalue weighted by atomic mass is 9.94. The van der Waals surface area contributed by atoms with Crippen molar-refractivity contribution >= 4 is 28.5 Å². The number of nitrogens with two attached hydrogens (primary N) is 1. The number of anilines is 1. The Kier molecular flexibility index (Phi) is 4.08. The molecule has 2 aromatic carbocycles. The van der Waals surface area contributed by atoms with Crippen LogP contribution in [0, 0.1) is 0 Å². The van der Waals surface area contributed by atoms with E-state index in [9.17, 15) is 9.59 Å². The van der Waals surface area contributed by atoms with Gasteiger partial charge >= 0.3 is 0 Å². The second-order valence-corrected chi connectivity index (χ2v) is 7.92. The van der Waals surface area contributed by atoms with Gasteiger partial charge in [-0.3, -0.25) is 9.59 Å². The maximum Gasteiger partial charge on any atom is 0.284 e. The number of furan rings is 1. The lowest BCUT2D eigenvalue weighted by molar-refractivity contribution is -0.134. The summed E-state index contributed by atoms with van der Waals surface area (Å²) in [7, 11) is 0. The van der Waals surface area contributed by atoms with Crippen LogP contribution in [-0.4, -0.2) is 42.9 Å². The molecule has 2 amide bonds. The first-order valence-corrected chi connectivity index (χ1v) is 10.0. The fourth-order valence-corrected chi connectivity index (χ4v) is 4.33. The van der Waals surface area contributed by atoms with Crippen molar-refractivity contribution in [1.82, 2.24) is 4.90 Å². The van der Waals surface area contributed by atoms with Crippen molar-refractivity contribution in [1.29, 1.82) is 0 Å². The highest BCUT2D eigenvalue weighted by Gasteiger charge is 2.53. The molecule has 1 aromatic heterocycles. The van der Waals surface area contributed by atoms with Crippen molar-refractivity contribution in [2.75, 3.05) is 31.1 Å². The lowest BCUT2D eigenvalue weighted by Crippen LogP contribution is -2.51. The van der Waals surface area contributed by atoms with Crippen LogP contribution in [0.3, 0.4) is 0 Å². The van der Waals surface area contributed by atoms with Gasteiger partial charge in [-0.1, -0.05) is 30.3 Å². The van der Waals surface area contributed by atoms with E-state index in [0.717, 1.165) is 42.6 Å². The maximum atomic E-state index is 13.2. The van der Waals surface area contributed by atoms with Gasteiger partial charge in [0.1, 0.15) is 5.58 Å². The summed E-state index contributed by atoms with van der Waals surface area (Å²) >= 11 is 0. The van der Waals surface area contributed by atoms with Crippen LogP contribution < -0.4 is 10.6 Å². The summed E-state index contributed by atoms with van der Waals surface area (Å²) in [5, 5.41) is 0.857. The predicted molar refractivity (Wildman–Crippen MR) is 111 cm³/mol. The first-order valence-electron chi connectivity index (χ1n) is 10.0. The minimum atomic E-state index is -0.567. The standard InChI is InChI=1S/C23H23N3O3/c24-21(27)20-15-16-14-18(6-7-19(16)29-20)25-10-12-26(13-11-25)22(28)23(8-9-23)17-4-2-1-3-5-17/h1-7,14-15H,8-13H2,(H2,24,27). The van der Waals surface area contributed by atoms with Gasteiger partial charge in [0.25, 0.3) is 5.91 Å². The van der Waals surface area contributed by atoms with Crippen molar-refractivity contribution in [2.45, 2.75) is 18.3 Å². The molecule has 2 aliphatic rings. The second kappa shape index (κ2) is 6.65. The third-order valence-electron chi connectivity index (χ3n) is 6.16. The molecule has 5 rings (SSSR count). The highest BCUT2D eigenvalue weighted by Crippen LogP contribution is 2.49. The number of amides is 2. The number of hydrogen-bond donors (Lipinski definition) is 1. The summed E-state index contributed by atoms with van der Waals surface area (Å²) in [6, 6.07) is 17.7. The molecule has 148 valence electrons. The van der Waals surface area contributed by atoms with Gasteiger partial charge in [0.05, 0.1) is 5.41 Å². The molecule has 0 radical (unpaired) electrons. The molecule has 0 spiro atoms. The summed E-state index contributed by atoms with van der Waals surface area (Å²) < 4.78 is 5.46. The normalized spacial score (nSPS) is 18.1. The van der Waals surface area contributed by atoms with Gasteiger partial charge in [-0.2, -0.15) is 0 Å². The second-order valence-electron chi connectivity index (χ2n) is 7.92. The summed E-state index contributed by atoms with van der Waals surface area (Å²) in [6.07, 6.45) is 1.88. The van der Waals surface area contributed by atoms with Crippen molar-refractivity contribution in [3.63, 3.8) is 0 Å². The molecule has 2 N–H and O–H groups in total. The number of hydrogen-bond acceptors (Lipinski definition) is 4. The zero-order chi connectivity index (χ0) is 20.0. The molecule has 2 heterocycles. The Morgan fingerprint density at radius 2 is 1.66 bits per heavy atom. The van der Waals surface area contributed by atoms with E-state index >= 15 is 0 Å². The van der Waals surface area contributed by atoms with Crippen LogP contribution in [0.2, 0.25) is 0 Å². The summed E-state index contributed by atoms with van der Waals surface area (Å²) in [6.45, 7) is 2.98. The molecular formula is C23H23N3O3. The molecule has 2 fully saturated rings. The zero-order valence-electron chi connectivity index (χ0n) is 16.1. The first kappa shape index (κ1) is 17.8. The Balaban J connectivity index is 1.29. The Bertz CT molecular complexity index is 1080. The number of piperazine rings is 1. The molecule has 6 heteroatoms. The average molecular weight is 389 g/mol. The molecule has 29 heavy (non-hydrogen) atoms. The average Bonchev–Trinajstić information content (AvgIpc) is 3.46. The number of nitrogens with zero attached hydrogens (tertiary/aromatic N) is 2. The number of benzene rings is 2. The van der Waals surface area contributed by atoms with E-state index in [4.69, 9.17) is 10.2 Å². The Labute approximate surface area is 168 Å². The van der Waals surface area contributed by atoms with Gasteiger partial charge in [-0.25, -0.2) is 0 Å². The van der Waals surface area contributed by atoms with Crippen molar-refractivity contribution < 1.29 is 14.0 Å². The van der Waals surface area contributed by atoms with Gasteiger partial charge in [0.15, 0.2) is 5.76 Å². The lowest BCUT2D eigenvalue weighted by Gasteiger charge is -2.38. The summed E-state index contributed by atoms with van der Waals surface area (Å²) in [5.41, 5.74) is 7.85. The third-order valence-corrected chi connectivity index (χ3v) is 6.16. The Hall–Kier alpha value is -3.28. The zero-order valence-corrected chi connectivity index (χ0v) is 16.1. The SMILES string of the molecule is NC(=O)c1cc2cc(N3CCN(C(=O)C4(c5ccccc5)CC4)CC3)ccc2o1. The summed E-state index contributed by atoms with van der Waals surface area (Å²) in [4.78, 5) is 28.8. The van der Waals surface area contributed by atoms with Crippen LogP contribution in [-0.2, 0) is 10.2 Å². The van der Waals surface area contributed by atoms with Crippen LogP contribution in [0.15, 0.2) is 59.0 Å². The largest absolute Gasteiger partial charge is 0.451 e. The van der Waals surface area contributed by atoms with E-state index in [1.54, 1.807) is 6.07 Å². The van der Waals surface area contributed by atoms with Crippen molar-refractivity contribution in [2.24, 2.45) is 5.73 Å². The third kappa shape index (κ3) is 3.05. The van der Waals surface area contributed by atoms with Crippen LogP contribution in [0.25, 0.3) is 11.0 Å². The molecule has 1 saturated heterocycles. The minimum Gasteiger partial charge on any atom is -0.451 e. The summed E-state index contributed by atoms with van der Waals surface area (Å²) in [5.74, 6) is -0.134. The van der Waals surface area contributed by atoms with Crippen molar-refractivity contribution in [3.8, 4) is 0 Å². The molecule has 0 atom stereocenters. The molecule has 1 aliphatic carbocycles. The van der Waals surface area contributed by atoms with E-state index in [1.165, 1.54) is 0 Å². The maximum absolute atomic E-state index is 13.2. The van der Waals surface area contributed by atoms with Crippen LogP contribution in [0.4, 0.5) is 5.69 Å². The molecule has 1 aliphatic heterocycles. The quantitative estimate of drug-likeness (QED) is 0.744. The van der Waals surface area contributed by atoms with E-state index in [1.807, 2.05) is 41.3 Å². The monoisotopic (exact) mass is 389 g/mol. The number of carbonyl (C=O) groups is 2. The number of carbonyl (C=O) groups excluding carboxylic acids is 2. The molecule has 1 saturated carbocycles. The Morgan fingerprint density at radius 3 is 2.31 bits per heavy atom. The van der Waals surface area contributed by atoms with Gasteiger partial charge in [-0.05, 0) is 42.7 Å². The smallest absolute Gasteiger partial charge is 0.284 e. The van der Waals surface area contributed by atoms with Crippen LogP contribution in [0.1, 0.15) is 29.0 Å². The van der Waals surface area contributed by atoms with Gasteiger partial charge in [-0.15, -0.1) is 0 Å². The topological polar surface area (TPSA) is 79.8 Å². The first-order chi connectivity index (χ1) is 14.1. The van der Waals surface area contributed by atoms with E-state index in [0.29, 0.717) is 18.7 Å². The number of rotatable bonds is 4. The Morgan fingerprint density at radius 1 is 0.931 bits per heavy atom. The highest BCUT2D eigenvalue weighted by atomic mass is 16.3. The highest BCUT2D eigenvalue weighted by molar-refractivity contribution is 5.95.